The van der Waals surface area contributed by atoms with Crippen LogP contribution in [0.4, 0.5) is 0 Å². The molecule has 2 rings (SSSR count). The Labute approximate surface area is 120 Å². The van der Waals surface area contributed by atoms with E-state index < -0.39 is 0 Å². The average Bonchev–Trinajstić information content (AvgIpc) is 2.47. The third-order valence-corrected chi connectivity index (χ3v) is 5.13. The molecule has 0 saturated heterocycles. The van der Waals surface area contributed by atoms with Gasteiger partial charge >= 0.3 is 119 Å². The molecule has 0 aliphatic heterocycles. The number of Topliss-reactive ketones (excluding diaryl/α,β-unsaturated/α-hetero) is 1. The van der Waals surface area contributed by atoms with Crippen LogP contribution < -0.4 is 9.20 Å². The van der Waals surface area contributed by atoms with Crippen molar-refractivity contribution < 1.29 is 9.53 Å². The van der Waals surface area contributed by atoms with Crippen LogP contribution in [0.5, 0.6) is 5.75 Å². The van der Waals surface area contributed by atoms with Gasteiger partial charge in [-0.3, -0.25) is 0 Å². The van der Waals surface area contributed by atoms with Crippen molar-refractivity contribution in [1.82, 2.24) is 0 Å². The molecule has 0 aliphatic rings. The van der Waals surface area contributed by atoms with Gasteiger partial charge in [0.2, 0.25) is 0 Å². The first-order chi connectivity index (χ1) is 9.20. The molecule has 2 aromatic carbocycles. The first-order valence-electron chi connectivity index (χ1n) is 6.10. The van der Waals surface area contributed by atoms with Crippen LogP contribution >= 0.6 is 0 Å². The second-order valence-corrected chi connectivity index (χ2v) is 7.13. The summed E-state index contributed by atoms with van der Waals surface area (Å²) in [7, 11) is 1.62. The zero-order valence-electron chi connectivity index (χ0n) is 11.0. The van der Waals surface area contributed by atoms with Crippen molar-refractivity contribution in [3.63, 3.8) is 0 Å². The molecule has 0 saturated carbocycles. The predicted molar refractivity (Wildman–Crippen MR) is 78.6 cm³/mol. The van der Waals surface area contributed by atoms with E-state index in [1.165, 1.54) is 4.46 Å². The van der Waals surface area contributed by atoms with Gasteiger partial charge in [0.05, 0.1) is 0 Å². The van der Waals surface area contributed by atoms with Gasteiger partial charge in [-0.15, -0.1) is 0 Å². The van der Waals surface area contributed by atoms with Crippen molar-refractivity contribution in [2.75, 3.05) is 7.11 Å². The summed E-state index contributed by atoms with van der Waals surface area (Å²) >= 11 is 0.165. The molecule has 0 spiro atoms. The van der Waals surface area contributed by atoms with Gasteiger partial charge in [-0.2, -0.15) is 0 Å². The first kappa shape index (κ1) is 13.9. The fourth-order valence-electron chi connectivity index (χ4n) is 1.75. The van der Waals surface area contributed by atoms with E-state index in [4.69, 9.17) is 4.74 Å². The Morgan fingerprint density at radius 2 is 1.68 bits per heavy atom. The van der Waals surface area contributed by atoms with Gasteiger partial charge < -0.3 is 0 Å². The summed E-state index contributed by atoms with van der Waals surface area (Å²) in [5.41, 5.74) is 0.756. The molecule has 0 N–H and O–H groups in total. The summed E-state index contributed by atoms with van der Waals surface area (Å²) in [6.07, 6.45) is 0. The number of benzene rings is 2. The zero-order valence-corrected chi connectivity index (χ0v) is 12.7. The molecule has 0 heterocycles. The Hall–Kier alpha value is -1.57. The molecule has 1 unspecified atom stereocenters. The third-order valence-electron chi connectivity index (χ3n) is 2.80. The maximum absolute atomic E-state index is 12.3. The Balaban J connectivity index is 2.06. The molecule has 2 aromatic rings. The summed E-state index contributed by atoms with van der Waals surface area (Å²) < 4.78 is 6.35. The van der Waals surface area contributed by atoms with E-state index in [-0.39, 0.29) is 25.6 Å². The molecule has 3 heteroatoms. The number of hydrogen-bond acceptors (Lipinski definition) is 2. The van der Waals surface area contributed by atoms with E-state index in [0.29, 0.717) is 0 Å². The zero-order chi connectivity index (χ0) is 13.7. The first-order valence-corrected chi connectivity index (χ1v) is 7.95. The second-order valence-electron chi connectivity index (χ2n) is 4.17. The van der Waals surface area contributed by atoms with Crippen molar-refractivity contribution in [1.29, 1.82) is 0 Å². The summed E-state index contributed by atoms with van der Waals surface area (Å²) in [5.74, 6) is 0.976. The van der Waals surface area contributed by atoms with Crippen molar-refractivity contribution in [3.8, 4) is 5.75 Å². The molecule has 0 radical (unpaired) electrons. The van der Waals surface area contributed by atoms with Crippen LogP contribution in [0.2, 0.25) is 4.82 Å². The van der Waals surface area contributed by atoms with Gasteiger partial charge in [0, 0.05) is 0 Å². The van der Waals surface area contributed by atoms with Crippen molar-refractivity contribution in [2.24, 2.45) is 0 Å². The Bertz CT molecular complexity index is 534. The minimum atomic E-state index is 0.0447. The average molecular weight is 319 g/mol. The van der Waals surface area contributed by atoms with Crippen LogP contribution in [0, 0.1) is 0 Å². The molecule has 98 valence electrons. The number of ketones is 1. The van der Waals surface area contributed by atoms with Crippen LogP contribution in [0.1, 0.15) is 17.3 Å². The van der Waals surface area contributed by atoms with Crippen LogP contribution in [-0.4, -0.2) is 27.8 Å². The molecule has 0 fully saturated rings. The minimum absolute atomic E-state index is 0.0447. The second kappa shape index (κ2) is 6.55. The van der Waals surface area contributed by atoms with E-state index in [2.05, 4.69) is 12.1 Å². The number of methoxy groups -OCH3 is 1. The Morgan fingerprint density at radius 1 is 1.05 bits per heavy atom. The van der Waals surface area contributed by atoms with E-state index in [0.717, 1.165) is 11.3 Å². The molecule has 2 nitrogen and oxygen atoms in total. The number of carbonyl (C=O) groups excluding carboxylic acids is 1. The molecular weight excluding hydrogens is 303 g/mol. The van der Waals surface area contributed by atoms with Crippen LogP contribution in [-0.2, 0) is 0 Å². The molecule has 0 amide bonds. The Kier molecular flexibility index (Phi) is 4.78. The molecule has 0 aromatic heterocycles. The number of carbonyl (C=O) groups is 1. The van der Waals surface area contributed by atoms with Gasteiger partial charge in [-0.25, -0.2) is 0 Å². The molecular formula is C16H16O2Se. The van der Waals surface area contributed by atoms with Crippen molar-refractivity contribution in [2.45, 2.75) is 11.7 Å². The van der Waals surface area contributed by atoms with Crippen molar-refractivity contribution in [3.05, 3.63) is 60.2 Å². The maximum atomic E-state index is 12.3. The van der Waals surface area contributed by atoms with Crippen LogP contribution in [0.25, 0.3) is 0 Å². The number of rotatable bonds is 5. The van der Waals surface area contributed by atoms with Gasteiger partial charge in [0.25, 0.3) is 0 Å². The quantitative estimate of drug-likeness (QED) is 0.626. The summed E-state index contributed by atoms with van der Waals surface area (Å²) in [6, 6.07) is 17.5. The molecule has 0 bridgehead atoms. The SMILES string of the molecule is COc1ccc(C(=O)C(C)[Se]c2ccccc2)cc1. The monoisotopic (exact) mass is 320 g/mol. The number of ether oxygens (including phenoxy) is 1. The summed E-state index contributed by atoms with van der Waals surface area (Å²) in [6.45, 7) is 2.00. The molecule has 1 atom stereocenters. The predicted octanol–water partition coefficient (Wildman–Crippen LogP) is 2.72. The third kappa shape index (κ3) is 3.69. The number of hydrogen-bond donors (Lipinski definition) is 0. The van der Waals surface area contributed by atoms with E-state index in [1.54, 1.807) is 7.11 Å². The van der Waals surface area contributed by atoms with Crippen molar-refractivity contribution >= 4 is 25.2 Å². The standard InChI is InChI=1S/C16H16O2Se/c1-12(19-15-6-4-3-5-7-15)16(17)13-8-10-14(18-2)11-9-13/h3-12H,1-2H3. The Morgan fingerprint density at radius 3 is 2.26 bits per heavy atom. The van der Waals surface area contributed by atoms with Gasteiger partial charge in [0.1, 0.15) is 0 Å². The molecule has 19 heavy (non-hydrogen) atoms. The van der Waals surface area contributed by atoms with E-state index in [9.17, 15) is 4.79 Å². The molecule has 0 aliphatic carbocycles. The van der Waals surface area contributed by atoms with Gasteiger partial charge in [-0.05, 0) is 0 Å². The summed E-state index contributed by atoms with van der Waals surface area (Å²) in [5, 5.41) is 0. The van der Waals surface area contributed by atoms with Gasteiger partial charge in [0.15, 0.2) is 0 Å². The fourth-order valence-corrected chi connectivity index (χ4v) is 3.77. The van der Waals surface area contributed by atoms with Crippen LogP contribution in [0.15, 0.2) is 54.6 Å². The fraction of sp³-hybridized carbons (Fsp3) is 0.188. The topological polar surface area (TPSA) is 26.3 Å². The van der Waals surface area contributed by atoms with E-state index in [1.807, 2.05) is 49.4 Å². The van der Waals surface area contributed by atoms with E-state index >= 15 is 0 Å². The normalized spacial score (nSPS) is 11.9. The summed E-state index contributed by atoms with van der Waals surface area (Å²) in [4.78, 5) is 12.4. The van der Waals surface area contributed by atoms with Gasteiger partial charge in [-0.1, -0.05) is 0 Å². The van der Waals surface area contributed by atoms with Crippen LogP contribution in [0.3, 0.4) is 0 Å².